The van der Waals surface area contributed by atoms with Gasteiger partial charge in [-0.05, 0) is 35.9 Å². The highest BCUT2D eigenvalue weighted by molar-refractivity contribution is 7.99. The number of carbonyl (C=O) groups excluding carboxylic acids is 1. The van der Waals surface area contributed by atoms with E-state index in [9.17, 15) is 13.2 Å². The maximum absolute atomic E-state index is 12.1. The molecular weight excluding hydrogens is 436 g/mol. The number of aromatic nitrogens is 3. The Morgan fingerprint density at radius 3 is 2.55 bits per heavy atom. The number of primary sulfonamides is 1. The predicted molar refractivity (Wildman–Crippen MR) is 116 cm³/mol. The third kappa shape index (κ3) is 4.61. The number of esters is 1. The van der Waals surface area contributed by atoms with Crippen LogP contribution < -0.4 is 5.14 Å². The van der Waals surface area contributed by atoms with Gasteiger partial charge in [-0.3, -0.25) is 0 Å². The fourth-order valence-corrected chi connectivity index (χ4v) is 4.58. The minimum Gasteiger partial charge on any atom is -0.465 e. The molecule has 10 heteroatoms. The fourth-order valence-electron chi connectivity index (χ4n) is 3.03. The van der Waals surface area contributed by atoms with Crippen LogP contribution in [0.2, 0.25) is 0 Å². The summed E-state index contributed by atoms with van der Waals surface area (Å²) >= 11 is 1.34. The maximum Gasteiger partial charge on any atom is 0.339 e. The number of hydrogen-bond acceptors (Lipinski definition) is 7. The van der Waals surface area contributed by atoms with Crippen molar-refractivity contribution in [2.24, 2.45) is 5.14 Å². The number of nitrogens with zero attached hydrogens (tertiary/aromatic N) is 2. The smallest absolute Gasteiger partial charge is 0.339 e. The lowest BCUT2D eigenvalue weighted by Gasteiger charge is -2.09. The number of carbonyl (C=O) groups is 1. The summed E-state index contributed by atoms with van der Waals surface area (Å²) in [5.41, 5.74) is 2.80. The number of methoxy groups -OCH3 is 1. The van der Waals surface area contributed by atoms with Gasteiger partial charge in [0.05, 0.1) is 28.6 Å². The van der Waals surface area contributed by atoms with Crippen LogP contribution in [0, 0.1) is 0 Å². The molecule has 0 saturated carbocycles. The number of ether oxygens (including phenoxy) is 1. The summed E-state index contributed by atoms with van der Waals surface area (Å²) in [5.74, 6) is 0.142. The molecule has 0 spiro atoms. The topological polar surface area (TPSA) is 128 Å². The molecule has 2 heterocycles. The first-order chi connectivity index (χ1) is 14.8. The molecular formula is C21H18N4O4S2. The quantitative estimate of drug-likeness (QED) is 0.338. The van der Waals surface area contributed by atoms with Gasteiger partial charge in [-0.25, -0.2) is 28.3 Å². The largest absolute Gasteiger partial charge is 0.465 e. The Balaban J connectivity index is 1.69. The van der Waals surface area contributed by atoms with E-state index in [0.717, 1.165) is 16.6 Å². The van der Waals surface area contributed by atoms with Crippen LogP contribution in [0.5, 0.6) is 0 Å². The highest BCUT2D eigenvalue weighted by atomic mass is 32.2. The molecule has 0 fully saturated rings. The lowest BCUT2D eigenvalue weighted by Crippen LogP contribution is -2.12. The van der Waals surface area contributed by atoms with E-state index in [2.05, 4.69) is 15.0 Å². The predicted octanol–water partition coefficient (Wildman–Crippen LogP) is 3.13. The molecule has 2 aromatic heterocycles. The summed E-state index contributed by atoms with van der Waals surface area (Å²) in [5, 5.41) is 5.82. The molecule has 0 amide bonds. The van der Waals surface area contributed by atoms with Gasteiger partial charge in [0.2, 0.25) is 10.0 Å². The molecule has 4 aromatic rings. The average Bonchev–Trinajstić information content (AvgIpc) is 3.22. The van der Waals surface area contributed by atoms with Gasteiger partial charge in [0, 0.05) is 17.5 Å². The summed E-state index contributed by atoms with van der Waals surface area (Å²) in [6, 6.07) is 15.3. The maximum atomic E-state index is 12.1. The van der Waals surface area contributed by atoms with E-state index in [0.29, 0.717) is 27.7 Å². The van der Waals surface area contributed by atoms with Crippen molar-refractivity contribution in [2.75, 3.05) is 7.11 Å². The molecule has 4 rings (SSSR count). The first-order valence-corrected chi connectivity index (χ1v) is 11.5. The molecule has 8 nitrogen and oxygen atoms in total. The van der Waals surface area contributed by atoms with E-state index in [1.807, 2.05) is 18.2 Å². The van der Waals surface area contributed by atoms with Crippen LogP contribution in [0.3, 0.4) is 0 Å². The van der Waals surface area contributed by atoms with Crippen LogP contribution in [0.4, 0.5) is 0 Å². The second-order valence-corrected chi connectivity index (χ2v) is 9.23. The molecule has 31 heavy (non-hydrogen) atoms. The van der Waals surface area contributed by atoms with Crippen LogP contribution in [-0.4, -0.2) is 36.4 Å². The Kier molecular flexibility index (Phi) is 5.77. The van der Waals surface area contributed by atoms with Crippen LogP contribution in [-0.2, 0) is 21.2 Å². The van der Waals surface area contributed by atoms with E-state index in [1.165, 1.54) is 31.0 Å². The van der Waals surface area contributed by atoms with Crippen LogP contribution in [0.25, 0.3) is 11.0 Å². The molecule has 0 unspecified atom stereocenters. The minimum absolute atomic E-state index is 0.0499. The third-order valence-electron chi connectivity index (χ3n) is 4.53. The number of H-pyrrole nitrogens is 1. The van der Waals surface area contributed by atoms with Crippen molar-refractivity contribution in [3.05, 3.63) is 77.7 Å². The molecule has 0 atom stereocenters. The summed E-state index contributed by atoms with van der Waals surface area (Å²) in [4.78, 5) is 25.3. The van der Waals surface area contributed by atoms with Crippen molar-refractivity contribution in [3.8, 4) is 0 Å². The SMILES string of the molecule is COC(=O)c1ccccc1Sc1nc(Cc2ccc(S(N)(=O)=O)cc2)nc2cc[nH]c12. The standard InChI is InChI=1S/C21H18N4O4S2/c1-29-21(26)15-4-2-3-5-17(15)30-20-19-16(10-11-23-19)24-18(25-20)12-13-6-8-14(9-7-13)31(22,27)28/h2-11,23H,12H2,1H3,(H2,22,27,28). The van der Waals surface area contributed by atoms with E-state index >= 15 is 0 Å². The van der Waals surface area contributed by atoms with E-state index < -0.39 is 16.0 Å². The number of fused-ring (bicyclic) bond motifs is 1. The summed E-state index contributed by atoms with van der Waals surface area (Å²) in [6.45, 7) is 0. The van der Waals surface area contributed by atoms with Crippen molar-refractivity contribution in [3.63, 3.8) is 0 Å². The minimum atomic E-state index is -3.74. The van der Waals surface area contributed by atoms with Crippen molar-refractivity contribution < 1.29 is 17.9 Å². The van der Waals surface area contributed by atoms with E-state index in [1.54, 1.807) is 30.5 Å². The molecule has 3 N–H and O–H groups in total. The van der Waals surface area contributed by atoms with Gasteiger partial charge in [0.25, 0.3) is 0 Å². The van der Waals surface area contributed by atoms with Crippen LogP contribution in [0.1, 0.15) is 21.7 Å². The molecule has 0 bridgehead atoms. The zero-order valence-corrected chi connectivity index (χ0v) is 18.0. The van der Waals surface area contributed by atoms with Crippen molar-refractivity contribution >= 4 is 38.8 Å². The second kappa shape index (κ2) is 8.50. The average molecular weight is 455 g/mol. The van der Waals surface area contributed by atoms with Gasteiger partial charge in [-0.15, -0.1) is 0 Å². The highest BCUT2D eigenvalue weighted by Gasteiger charge is 2.16. The van der Waals surface area contributed by atoms with Crippen LogP contribution >= 0.6 is 11.8 Å². The Bertz CT molecular complexity index is 1370. The number of hydrogen-bond donors (Lipinski definition) is 2. The Hall–Kier alpha value is -3.21. The summed E-state index contributed by atoms with van der Waals surface area (Å²) in [6.07, 6.45) is 2.18. The van der Waals surface area contributed by atoms with Gasteiger partial charge in [0.15, 0.2) is 0 Å². The molecule has 0 radical (unpaired) electrons. The number of benzene rings is 2. The van der Waals surface area contributed by atoms with Crippen molar-refractivity contribution in [1.29, 1.82) is 0 Å². The lowest BCUT2D eigenvalue weighted by molar-refractivity contribution is 0.0597. The van der Waals surface area contributed by atoms with Gasteiger partial charge in [0.1, 0.15) is 10.9 Å². The Labute approximate surface area is 182 Å². The molecule has 0 saturated heterocycles. The lowest BCUT2D eigenvalue weighted by atomic mass is 10.1. The normalized spacial score (nSPS) is 11.5. The molecule has 158 valence electrons. The Morgan fingerprint density at radius 2 is 1.84 bits per heavy atom. The van der Waals surface area contributed by atoms with Crippen LogP contribution in [0.15, 0.2) is 75.6 Å². The van der Waals surface area contributed by atoms with Gasteiger partial charge >= 0.3 is 5.97 Å². The molecule has 0 aliphatic heterocycles. The number of aromatic amines is 1. The van der Waals surface area contributed by atoms with Gasteiger partial charge in [-0.2, -0.15) is 0 Å². The fraction of sp³-hybridized carbons (Fsp3) is 0.0952. The Morgan fingerprint density at radius 1 is 1.10 bits per heavy atom. The number of sulfonamides is 1. The molecule has 0 aliphatic rings. The second-order valence-electron chi connectivity index (χ2n) is 6.64. The first kappa shape index (κ1) is 21.0. The summed E-state index contributed by atoms with van der Waals surface area (Å²) < 4.78 is 27.8. The number of nitrogens with one attached hydrogen (secondary N) is 1. The van der Waals surface area contributed by atoms with Gasteiger partial charge in [-0.1, -0.05) is 36.0 Å². The highest BCUT2D eigenvalue weighted by Crippen LogP contribution is 2.33. The van der Waals surface area contributed by atoms with E-state index in [4.69, 9.17) is 9.88 Å². The molecule has 2 aromatic carbocycles. The monoisotopic (exact) mass is 454 g/mol. The zero-order chi connectivity index (χ0) is 22.0. The first-order valence-electron chi connectivity index (χ1n) is 9.16. The number of nitrogens with two attached hydrogens (primary N) is 1. The van der Waals surface area contributed by atoms with E-state index in [-0.39, 0.29) is 4.90 Å². The summed E-state index contributed by atoms with van der Waals surface area (Å²) in [7, 11) is -2.40. The number of rotatable bonds is 6. The zero-order valence-electron chi connectivity index (χ0n) is 16.4. The van der Waals surface area contributed by atoms with Crippen molar-refractivity contribution in [1.82, 2.24) is 15.0 Å². The molecule has 0 aliphatic carbocycles. The third-order valence-corrected chi connectivity index (χ3v) is 6.53. The van der Waals surface area contributed by atoms with Crippen molar-refractivity contribution in [2.45, 2.75) is 21.2 Å². The van der Waals surface area contributed by atoms with Gasteiger partial charge < -0.3 is 9.72 Å².